The third-order valence-corrected chi connectivity index (χ3v) is 5.83. The van der Waals surface area contributed by atoms with E-state index in [-0.39, 0.29) is 32.5 Å². The summed E-state index contributed by atoms with van der Waals surface area (Å²) in [5.41, 5.74) is 0. The molecule has 9 heteroatoms. The molecule has 2 unspecified atom stereocenters. The lowest BCUT2D eigenvalue weighted by Crippen LogP contribution is -2.37. The summed E-state index contributed by atoms with van der Waals surface area (Å²) in [5, 5.41) is 0. The second-order valence-corrected chi connectivity index (χ2v) is 10.7. The normalized spacial score (nSPS) is 15.9. The first-order valence-electron chi connectivity index (χ1n) is 15.0. The Labute approximate surface area is 221 Å². The van der Waals surface area contributed by atoms with Gasteiger partial charge in [-0.05, 0) is 6.42 Å². The second-order valence-electron chi connectivity index (χ2n) is 9.73. The number of unbranched alkanes of at least 4 members (excludes halogenated alkanes) is 7. The molecule has 0 heterocycles. The molecule has 0 aliphatic rings. The standard InChI is InChI=1S/C26H53NO7P/c1-6-7-8-9-10-11-12-13-14-15-16-17-18-19-26(29)31-22-25(34-24(2)28)23-33-35(30)32-21-20-27(3,4)5/h25,30H,6-23H2,1-5H3/q+1/i11T2,12T2. The largest absolute Gasteiger partial charge is 0.462 e. The zero-order valence-corrected chi connectivity index (χ0v) is 23.6. The van der Waals surface area contributed by atoms with Gasteiger partial charge in [0, 0.05) is 18.8 Å². The van der Waals surface area contributed by atoms with Crippen molar-refractivity contribution >= 4 is 20.5 Å². The molecule has 1 N–H and O–H groups in total. The first-order chi connectivity index (χ1) is 18.1. The lowest BCUT2D eigenvalue weighted by molar-refractivity contribution is -0.870. The molecule has 35 heavy (non-hydrogen) atoms. The molecular formula is C26H53NO7P+. The first kappa shape index (κ1) is 27.3. The van der Waals surface area contributed by atoms with Gasteiger partial charge >= 0.3 is 20.5 Å². The molecule has 0 bridgehead atoms. The number of esters is 2. The summed E-state index contributed by atoms with van der Waals surface area (Å²) in [6, 6.07) is 0. The Morgan fingerprint density at radius 3 is 2.03 bits per heavy atom. The summed E-state index contributed by atoms with van der Waals surface area (Å²) in [5.74, 6) is -0.980. The van der Waals surface area contributed by atoms with Crippen molar-refractivity contribution in [3.8, 4) is 0 Å². The highest BCUT2D eigenvalue weighted by Crippen LogP contribution is 2.32. The lowest BCUT2D eigenvalue weighted by atomic mass is 10.0. The van der Waals surface area contributed by atoms with Crippen LogP contribution in [0, 0.1) is 0 Å². The predicted octanol–water partition coefficient (Wildman–Crippen LogP) is 5.90. The van der Waals surface area contributed by atoms with Crippen molar-refractivity contribution in [2.45, 2.75) is 110 Å². The maximum atomic E-state index is 12.1. The SMILES string of the molecule is [3H]C([3H])(CCCCCC)C([3H])([3H])CCCCCCCC(=O)OCC(COP(O)OCC[N+](C)(C)C)OC(C)=O. The van der Waals surface area contributed by atoms with Crippen molar-refractivity contribution in [3.63, 3.8) is 0 Å². The van der Waals surface area contributed by atoms with E-state index in [0.717, 1.165) is 38.5 Å². The van der Waals surface area contributed by atoms with Gasteiger partial charge in [-0.15, -0.1) is 0 Å². The van der Waals surface area contributed by atoms with Crippen molar-refractivity contribution < 1.29 is 43.0 Å². The van der Waals surface area contributed by atoms with Crippen molar-refractivity contribution in [2.75, 3.05) is 47.5 Å². The van der Waals surface area contributed by atoms with E-state index in [4.69, 9.17) is 24.0 Å². The molecule has 8 nitrogen and oxygen atoms in total. The number of rotatable bonds is 24. The third-order valence-electron chi connectivity index (χ3n) is 5.06. The fourth-order valence-electron chi connectivity index (χ4n) is 3.02. The van der Waals surface area contributed by atoms with E-state index in [1.54, 1.807) is 0 Å². The number of quaternary nitrogens is 1. The molecule has 0 aromatic rings. The summed E-state index contributed by atoms with van der Waals surface area (Å²) >= 11 is 0. The Balaban J connectivity index is 4.15. The molecule has 208 valence electrons. The zero-order valence-electron chi connectivity index (χ0n) is 26.7. The number of hydrogen-bond donors (Lipinski definition) is 1. The molecule has 0 fully saturated rings. The lowest BCUT2D eigenvalue weighted by Gasteiger charge is -2.24. The van der Waals surface area contributed by atoms with Crippen LogP contribution in [-0.2, 0) is 28.1 Å². The minimum atomic E-state index is -2.14. The molecule has 0 saturated carbocycles. The van der Waals surface area contributed by atoms with Gasteiger partial charge < -0.3 is 27.9 Å². The molecule has 0 aliphatic carbocycles. The predicted molar refractivity (Wildman–Crippen MR) is 141 cm³/mol. The van der Waals surface area contributed by atoms with Crippen LogP contribution in [0.1, 0.15) is 109 Å². The number of nitrogens with zero attached hydrogens (tertiary/aromatic N) is 1. The van der Waals surface area contributed by atoms with Crippen LogP contribution in [0.25, 0.3) is 0 Å². The van der Waals surface area contributed by atoms with E-state index in [9.17, 15) is 14.5 Å². The topological polar surface area (TPSA) is 91.3 Å². The smallest absolute Gasteiger partial charge is 0.330 e. The van der Waals surface area contributed by atoms with E-state index >= 15 is 0 Å². The molecule has 0 spiro atoms. The van der Waals surface area contributed by atoms with E-state index in [1.807, 2.05) is 21.1 Å². The first-order valence-corrected chi connectivity index (χ1v) is 14.1. The molecule has 0 aliphatic heterocycles. The van der Waals surface area contributed by atoms with Gasteiger partial charge in [0.1, 0.15) is 19.8 Å². The number of carbonyl (C=O) groups excluding carboxylic acids is 2. The van der Waals surface area contributed by atoms with Gasteiger partial charge in [-0.1, -0.05) is 83.9 Å². The summed E-state index contributed by atoms with van der Waals surface area (Å²) < 4.78 is 54.1. The van der Waals surface area contributed by atoms with E-state index in [2.05, 4.69) is 6.92 Å². The Kier molecular flexibility index (Phi) is 17.4. The third kappa shape index (κ3) is 26.1. The monoisotopic (exact) mass is 530 g/mol. The van der Waals surface area contributed by atoms with Crippen molar-refractivity contribution in [1.82, 2.24) is 0 Å². The van der Waals surface area contributed by atoms with Crippen LogP contribution in [0.3, 0.4) is 0 Å². The highest BCUT2D eigenvalue weighted by molar-refractivity contribution is 7.40. The maximum absolute atomic E-state index is 12.1. The highest BCUT2D eigenvalue weighted by Gasteiger charge is 2.19. The van der Waals surface area contributed by atoms with Crippen LogP contribution < -0.4 is 0 Å². The number of hydrogen-bond acceptors (Lipinski definition) is 7. The summed E-state index contributed by atoms with van der Waals surface area (Å²) in [7, 11) is 3.85. The van der Waals surface area contributed by atoms with Crippen LogP contribution in [0.5, 0.6) is 0 Å². The maximum Gasteiger partial charge on any atom is 0.330 e. The van der Waals surface area contributed by atoms with Gasteiger partial charge in [0.2, 0.25) is 0 Å². The van der Waals surface area contributed by atoms with Crippen LogP contribution in [0.2, 0.25) is 0 Å². The van der Waals surface area contributed by atoms with Crippen LogP contribution in [0.4, 0.5) is 0 Å². The minimum absolute atomic E-state index is 0.163. The van der Waals surface area contributed by atoms with Crippen molar-refractivity contribution in [1.29, 1.82) is 0 Å². The molecule has 0 amide bonds. The van der Waals surface area contributed by atoms with Crippen molar-refractivity contribution in [2.24, 2.45) is 0 Å². The summed E-state index contributed by atoms with van der Waals surface area (Å²) in [6.45, 7) is 3.97. The van der Waals surface area contributed by atoms with Gasteiger partial charge in [-0.2, -0.15) is 0 Å². The van der Waals surface area contributed by atoms with E-state index in [1.165, 1.54) is 6.92 Å². The van der Waals surface area contributed by atoms with Gasteiger partial charge in [0.05, 0.1) is 27.7 Å². The van der Waals surface area contributed by atoms with Gasteiger partial charge in [0.15, 0.2) is 6.10 Å². The van der Waals surface area contributed by atoms with E-state index < -0.39 is 39.4 Å². The molecule has 0 rings (SSSR count). The Morgan fingerprint density at radius 1 is 0.886 bits per heavy atom. The molecule has 0 radical (unpaired) electrons. The number of ether oxygens (including phenoxy) is 2. The number of carbonyl (C=O) groups is 2. The average molecular weight is 531 g/mol. The average Bonchev–Trinajstić information content (AvgIpc) is 2.81. The molecular weight excluding hydrogens is 469 g/mol. The Morgan fingerprint density at radius 2 is 1.46 bits per heavy atom. The summed E-state index contributed by atoms with van der Waals surface area (Å²) in [6.07, 6.45) is 3.45. The van der Waals surface area contributed by atoms with Gasteiger partial charge in [-0.3, -0.25) is 9.59 Å². The van der Waals surface area contributed by atoms with Crippen LogP contribution >= 0.6 is 8.60 Å². The minimum Gasteiger partial charge on any atom is -0.462 e. The molecule has 0 aromatic carbocycles. The molecule has 0 saturated heterocycles. The zero-order chi connectivity index (χ0) is 30.0. The quantitative estimate of drug-likeness (QED) is 0.0719. The molecule has 0 aromatic heterocycles. The highest BCUT2D eigenvalue weighted by atomic mass is 31.2. The molecule has 2 atom stereocenters. The van der Waals surface area contributed by atoms with Gasteiger partial charge in [-0.25, -0.2) is 0 Å². The summed E-state index contributed by atoms with van der Waals surface area (Å²) in [4.78, 5) is 33.3. The number of likely N-dealkylation sites (N-methyl/N-ethyl adjacent to an activating group) is 1. The van der Waals surface area contributed by atoms with Gasteiger partial charge in [0.25, 0.3) is 0 Å². The Bertz CT molecular complexity index is 681. The van der Waals surface area contributed by atoms with Crippen molar-refractivity contribution in [3.05, 3.63) is 0 Å². The van der Waals surface area contributed by atoms with Crippen LogP contribution in [-0.4, -0.2) is 74.9 Å². The Hall–Kier alpha value is -0.790. The van der Waals surface area contributed by atoms with Crippen LogP contribution in [0.15, 0.2) is 0 Å². The second kappa shape index (κ2) is 22.4. The van der Waals surface area contributed by atoms with E-state index in [0.29, 0.717) is 36.9 Å². The fraction of sp³-hybridized carbons (Fsp3) is 0.923. The fourth-order valence-corrected chi connectivity index (χ4v) is 3.62.